The normalized spacial score (nSPS) is 10.3. The molecule has 1 heterocycles. The summed E-state index contributed by atoms with van der Waals surface area (Å²) in [4.78, 5) is 14.5. The SMILES string of the molecule is O=C(O)Cc1ccc(-c2ccccc2F)c(Cl)n1. The lowest BCUT2D eigenvalue weighted by molar-refractivity contribution is -0.136. The van der Waals surface area contributed by atoms with Gasteiger partial charge >= 0.3 is 5.97 Å². The van der Waals surface area contributed by atoms with Crippen molar-refractivity contribution in [2.45, 2.75) is 6.42 Å². The van der Waals surface area contributed by atoms with Crippen LogP contribution in [0.5, 0.6) is 0 Å². The highest BCUT2D eigenvalue weighted by molar-refractivity contribution is 6.32. The van der Waals surface area contributed by atoms with Crippen LogP contribution in [-0.4, -0.2) is 16.1 Å². The van der Waals surface area contributed by atoms with E-state index in [1.807, 2.05) is 0 Å². The van der Waals surface area contributed by atoms with E-state index in [0.29, 0.717) is 16.8 Å². The first-order valence-electron chi connectivity index (χ1n) is 5.20. The van der Waals surface area contributed by atoms with Gasteiger partial charge in [-0.2, -0.15) is 0 Å². The van der Waals surface area contributed by atoms with Crippen molar-refractivity contribution >= 4 is 17.6 Å². The Morgan fingerprint density at radius 1 is 1.22 bits per heavy atom. The first kappa shape index (κ1) is 12.5. The van der Waals surface area contributed by atoms with Gasteiger partial charge in [-0.1, -0.05) is 29.8 Å². The molecular weight excluding hydrogens is 257 g/mol. The van der Waals surface area contributed by atoms with E-state index in [1.54, 1.807) is 24.3 Å². The molecule has 3 nitrogen and oxygen atoms in total. The Balaban J connectivity index is 2.42. The Morgan fingerprint density at radius 2 is 1.94 bits per heavy atom. The summed E-state index contributed by atoms with van der Waals surface area (Å²) in [6, 6.07) is 9.30. The van der Waals surface area contributed by atoms with Crippen LogP contribution in [0, 0.1) is 5.82 Å². The Morgan fingerprint density at radius 3 is 2.56 bits per heavy atom. The number of aliphatic carboxylic acids is 1. The highest BCUT2D eigenvalue weighted by Gasteiger charge is 2.11. The highest BCUT2D eigenvalue weighted by atomic mass is 35.5. The Hall–Kier alpha value is -1.94. The highest BCUT2D eigenvalue weighted by Crippen LogP contribution is 2.28. The second kappa shape index (κ2) is 5.14. The molecule has 0 saturated carbocycles. The fraction of sp³-hybridized carbons (Fsp3) is 0.0769. The smallest absolute Gasteiger partial charge is 0.309 e. The summed E-state index contributed by atoms with van der Waals surface area (Å²) in [6.07, 6.45) is -0.211. The van der Waals surface area contributed by atoms with E-state index in [2.05, 4.69) is 4.98 Å². The summed E-state index contributed by atoms with van der Waals surface area (Å²) in [7, 11) is 0. The third kappa shape index (κ3) is 2.65. The zero-order valence-corrected chi connectivity index (χ0v) is 9.99. The van der Waals surface area contributed by atoms with E-state index in [9.17, 15) is 9.18 Å². The van der Waals surface area contributed by atoms with Crippen molar-refractivity contribution in [3.05, 3.63) is 53.1 Å². The first-order valence-corrected chi connectivity index (χ1v) is 5.58. The molecule has 0 atom stereocenters. The molecule has 1 aromatic carbocycles. The maximum atomic E-state index is 13.6. The molecule has 0 fully saturated rings. The molecule has 5 heteroatoms. The van der Waals surface area contributed by atoms with Crippen LogP contribution < -0.4 is 0 Å². The van der Waals surface area contributed by atoms with Gasteiger partial charge in [-0.05, 0) is 18.2 Å². The zero-order chi connectivity index (χ0) is 13.1. The maximum Gasteiger partial charge on any atom is 0.309 e. The van der Waals surface area contributed by atoms with E-state index in [1.165, 1.54) is 12.1 Å². The summed E-state index contributed by atoms with van der Waals surface area (Å²) < 4.78 is 13.6. The molecule has 18 heavy (non-hydrogen) atoms. The van der Waals surface area contributed by atoms with Gasteiger partial charge in [0.05, 0.1) is 12.1 Å². The van der Waals surface area contributed by atoms with Crippen LogP contribution in [0.15, 0.2) is 36.4 Å². The van der Waals surface area contributed by atoms with Crippen LogP contribution >= 0.6 is 11.6 Å². The van der Waals surface area contributed by atoms with Crippen LogP contribution in [0.1, 0.15) is 5.69 Å². The van der Waals surface area contributed by atoms with E-state index in [-0.39, 0.29) is 11.6 Å². The minimum Gasteiger partial charge on any atom is -0.481 e. The van der Waals surface area contributed by atoms with Crippen molar-refractivity contribution in [1.82, 2.24) is 4.98 Å². The fourth-order valence-corrected chi connectivity index (χ4v) is 1.88. The Labute approximate surface area is 108 Å². The van der Waals surface area contributed by atoms with E-state index < -0.39 is 11.8 Å². The van der Waals surface area contributed by atoms with Crippen LogP contribution in [0.3, 0.4) is 0 Å². The minimum absolute atomic E-state index is 0.0962. The van der Waals surface area contributed by atoms with Gasteiger partial charge in [0.15, 0.2) is 0 Å². The predicted molar refractivity (Wildman–Crippen MR) is 66.0 cm³/mol. The second-order valence-electron chi connectivity index (χ2n) is 3.69. The van der Waals surface area contributed by atoms with E-state index >= 15 is 0 Å². The number of carbonyl (C=O) groups is 1. The van der Waals surface area contributed by atoms with Gasteiger partial charge in [0.25, 0.3) is 0 Å². The van der Waals surface area contributed by atoms with Gasteiger partial charge < -0.3 is 5.11 Å². The summed E-state index contributed by atoms with van der Waals surface area (Å²) in [5.41, 5.74) is 1.13. The molecule has 0 bridgehead atoms. The average Bonchev–Trinajstić information content (AvgIpc) is 2.30. The largest absolute Gasteiger partial charge is 0.481 e. The molecule has 2 rings (SSSR count). The maximum absolute atomic E-state index is 13.6. The molecule has 0 amide bonds. The standard InChI is InChI=1S/C13H9ClFNO2/c14-13-10(9-3-1-2-4-11(9)15)6-5-8(16-13)7-12(17)18/h1-6H,7H2,(H,17,18). The zero-order valence-electron chi connectivity index (χ0n) is 9.23. The van der Waals surface area contributed by atoms with Crippen molar-refractivity contribution in [1.29, 1.82) is 0 Å². The molecule has 0 saturated heterocycles. The van der Waals surface area contributed by atoms with Crippen molar-refractivity contribution in [2.75, 3.05) is 0 Å². The lowest BCUT2D eigenvalue weighted by Crippen LogP contribution is -2.02. The lowest BCUT2D eigenvalue weighted by atomic mass is 10.1. The van der Waals surface area contributed by atoms with Crippen LogP contribution in [0.2, 0.25) is 5.15 Å². The average molecular weight is 266 g/mol. The fourth-order valence-electron chi connectivity index (χ4n) is 1.61. The minimum atomic E-state index is -0.989. The molecule has 0 unspecified atom stereocenters. The summed E-state index contributed by atoms with van der Waals surface area (Å²) in [5.74, 6) is -1.38. The van der Waals surface area contributed by atoms with Crippen LogP contribution in [-0.2, 0) is 11.2 Å². The molecule has 92 valence electrons. The van der Waals surface area contributed by atoms with Gasteiger partial charge in [0.2, 0.25) is 0 Å². The van der Waals surface area contributed by atoms with Crippen molar-refractivity contribution in [3.63, 3.8) is 0 Å². The monoisotopic (exact) mass is 265 g/mol. The van der Waals surface area contributed by atoms with Crippen molar-refractivity contribution < 1.29 is 14.3 Å². The molecular formula is C13H9ClFNO2. The number of carboxylic acids is 1. The number of carboxylic acid groups (broad SMARTS) is 1. The Bertz CT molecular complexity index is 601. The number of aromatic nitrogens is 1. The number of halogens is 2. The molecule has 0 aliphatic heterocycles. The number of hydrogen-bond donors (Lipinski definition) is 1. The van der Waals surface area contributed by atoms with E-state index in [4.69, 9.17) is 16.7 Å². The van der Waals surface area contributed by atoms with Crippen molar-refractivity contribution in [3.8, 4) is 11.1 Å². The quantitative estimate of drug-likeness (QED) is 0.867. The lowest BCUT2D eigenvalue weighted by Gasteiger charge is -2.06. The van der Waals surface area contributed by atoms with Gasteiger partial charge in [0, 0.05) is 11.1 Å². The molecule has 2 aromatic rings. The number of benzene rings is 1. The third-order valence-corrected chi connectivity index (χ3v) is 2.69. The first-order chi connectivity index (χ1) is 8.58. The van der Waals surface area contributed by atoms with E-state index in [0.717, 1.165) is 0 Å². The number of hydrogen-bond acceptors (Lipinski definition) is 2. The molecule has 1 N–H and O–H groups in total. The van der Waals surface area contributed by atoms with Gasteiger partial charge in [0.1, 0.15) is 11.0 Å². The predicted octanol–water partition coefficient (Wildman–Crippen LogP) is 3.17. The van der Waals surface area contributed by atoms with Crippen LogP contribution in [0.4, 0.5) is 4.39 Å². The van der Waals surface area contributed by atoms with Gasteiger partial charge in [-0.3, -0.25) is 4.79 Å². The summed E-state index contributed by atoms with van der Waals surface area (Å²) in [6.45, 7) is 0. The molecule has 1 aromatic heterocycles. The Kier molecular flexibility index (Phi) is 3.58. The molecule has 0 radical (unpaired) electrons. The summed E-state index contributed by atoms with van der Waals surface area (Å²) in [5, 5.41) is 8.74. The summed E-state index contributed by atoms with van der Waals surface area (Å²) >= 11 is 5.95. The number of pyridine rings is 1. The number of nitrogens with zero attached hydrogens (tertiary/aromatic N) is 1. The molecule has 0 spiro atoms. The molecule has 0 aliphatic carbocycles. The second-order valence-corrected chi connectivity index (χ2v) is 4.05. The number of rotatable bonds is 3. The topological polar surface area (TPSA) is 50.2 Å². The van der Waals surface area contributed by atoms with Crippen LogP contribution in [0.25, 0.3) is 11.1 Å². The third-order valence-electron chi connectivity index (χ3n) is 2.40. The van der Waals surface area contributed by atoms with Crippen molar-refractivity contribution in [2.24, 2.45) is 0 Å². The molecule has 0 aliphatic rings. The van der Waals surface area contributed by atoms with Gasteiger partial charge in [-0.15, -0.1) is 0 Å². The van der Waals surface area contributed by atoms with Gasteiger partial charge in [-0.25, -0.2) is 9.37 Å².